The van der Waals surface area contributed by atoms with Crippen LogP contribution in [0.1, 0.15) is 27.7 Å². The van der Waals surface area contributed by atoms with Crippen LogP contribution in [-0.2, 0) is 6.42 Å². The lowest BCUT2D eigenvalue weighted by atomic mass is 9.96. The number of aryl methyl sites for hydroxylation is 1. The van der Waals surface area contributed by atoms with E-state index in [-0.39, 0.29) is 25.4 Å². The molecule has 0 bridgehead atoms. The van der Waals surface area contributed by atoms with Crippen LogP contribution in [0.4, 0.5) is 0 Å². The number of methoxy groups -OCH3 is 3. The first-order chi connectivity index (χ1) is 13.5. The summed E-state index contributed by atoms with van der Waals surface area (Å²) in [4.78, 5) is 12.6. The summed E-state index contributed by atoms with van der Waals surface area (Å²) in [5.41, 5.74) is 2.41. The number of hydrogen-bond acceptors (Lipinski definition) is 5. The zero-order chi connectivity index (χ0) is 20.3. The van der Waals surface area contributed by atoms with Crippen molar-refractivity contribution in [2.24, 2.45) is 0 Å². The van der Waals surface area contributed by atoms with Crippen LogP contribution < -0.4 is 25.0 Å². The lowest BCUT2D eigenvalue weighted by Gasteiger charge is -2.17. The summed E-state index contributed by atoms with van der Waals surface area (Å²) >= 11 is 0. The normalized spacial score (nSPS) is 20.2. The molecule has 5 heteroatoms. The Labute approximate surface area is 151 Å². The van der Waals surface area contributed by atoms with Gasteiger partial charge in [0.25, 0.3) is 0 Å². The van der Waals surface area contributed by atoms with E-state index in [0.717, 1.165) is 5.56 Å². The molecule has 25 heavy (non-hydrogen) atoms. The van der Waals surface area contributed by atoms with Crippen molar-refractivity contribution in [3.05, 3.63) is 51.7 Å². The minimum atomic E-state index is -1.19. The molecule has 0 saturated heterocycles. The topological polar surface area (TPSA) is 56.8 Å². The lowest BCUT2D eigenvalue weighted by molar-refractivity contribution is 0.356. The van der Waals surface area contributed by atoms with Gasteiger partial charge in [-0.2, -0.15) is 0 Å². The monoisotopic (exact) mass is 347 g/mol. The SMILES string of the molecule is [3H]COc1ccc2c(c1OC[3H])-c1ccc(OC)c(=O)cc1[C@@]([3H])(NC)CC2. The molecule has 2 aromatic rings. The van der Waals surface area contributed by atoms with Crippen LogP contribution in [0, 0.1) is 0 Å². The van der Waals surface area contributed by atoms with E-state index >= 15 is 0 Å². The molecule has 0 aliphatic heterocycles. The second kappa shape index (κ2) is 7.15. The first-order valence-electron chi connectivity index (χ1n) is 9.82. The minimum Gasteiger partial charge on any atom is -0.493 e. The fraction of sp³-hybridized carbons (Fsp3) is 0.350. The largest absolute Gasteiger partial charge is 0.493 e. The maximum atomic E-state index is 12.6. The smallest absolute Gasteiger partial charge is 0.220 e. The number of hydrogen-bond donors (Lipinski definition) is 1. The number of fused-ring (bicyclic) bond motifs is 3. The van der Waals surface area contributed by atoms with Gasteiger partial charge in [-0.1, -0.05) is 12.1 Å². The van der Waals surface area contributed by atoms with Gasteiger partial charge < -0.3 is 19.5 Å². The molecule has 5 nitrogen and oxygen atoms in total. The Morgan fingerprint density at radius 3 is 2.68 bits per heavy atom. The molecule has 3 rings (SSSR count). The molecular weight excluding hydrogens is 318 g/mol. The molecule has 0 unspecified atom stereocenters. The molecule has 0 fully saturated rings. The number of rotatable bonds is 4. The van der Waals surface area contributed by atoms with E-state index in [1.165, 1.54) is 13.2 Å². The summed E-state index contributed by atoms with van der Waals surface area (Å²) in [6, 6.07) is 7.15. The van der Waals surface area contributed by atoms with Gasteiger partial charge in [-0.25, -0.2) is 0 Å². The predicted octanol–water partition coefficient (Wildman–Crippen LogP) is 2.95. The van der Waals surface area contributed by atoms with E-state index in [2.05, 4.69) is 5.32 Å². The molecule has 0 radical (unpaired) electrons. The molecule has 0 aromatic heterocycles. The van der Waals surface area contributed by atoms with E-state index in [1.54, 1.807) is 25.2 Å². The third-order valence-electron chi connectivity index (χ3n) is 4.48. The van der Waals surface area contributed by atoms with Crippen molar-refractivity contribution in [1.29, 1.82) is 0 Å². The van der Waals surface area contributed by atoms with Crippen LogP contribution in [0.15, 0.2) is 35.1 Å². The first kappa shape index (κ1) is 13.7. The average molecular weight is 347 g/mol. The third kappa shape index (κ3) is 2.96. The summed E-state index contributed by atoms with van der Waals surface area (Å²) in [5.74, 6) is 0.878. The molecule has 0 saturated carbocycles. The Balaban J connectivity index is 2.42. The second-order valence-electron chi connectivity index (χ2n) is 5.68. The van der Waals surface area contributed by atoms with Crippen molar-refractivity contribution in [2.45, 2.75) is 18.9 Å². The zero-order valence-corrected chi connectivity index (χ0v) is 14.3. The average Bonchev–Trinajstić information content (AvgIpc) is 2.93. The van der Waals surface area contributed by atoms with Crippen molar-refractivity contribution in [2.75, 3.05) is 28.3 Å². The zero-order valence-electron chi connectivity index (χ0n) is 17.3. The first-order valence-corrected chi connectivity index (χ1v) is 7.91. The molecule has 1 N–H and O–H groups in total. The summed E-state index contributed by atoms with van der Waals surface area (Å²) in [6.07, 6.45) is 1.01. The van der Waals surface area contributed by atoms with E-state index in [9.17, 15) is 4.79 Å². The van der Waals surface area contributed by atoms with Crippen LogP contribution >= 0.6 is 0 Å². The highest BCUT2D eigenvalue weighted by atomic mass is 16.5. The highest BCUT2D eigenvalue weighted by molar-refractivity contribution is 5.80. The predicted molar refractivity (Wildman–Crippen MR) is 97.9 cm³/mol. The van der Waals surface area contributed by atoms with Gasteiger partial charge in [0.15, 0.2) is 17.2 Å². The van der Waals surface area contributed by atoms with Crippen molar-refractivity contribution in [3.8, 4) is 28.4 Å². The molecule has 0 spiro atoms. The minimum absolute atomic E-state index is 0.176. The van der Waals surface area contributed by atoms with Crippen molar-refractivity contribution >= 4 is 0 Å². The summed E-state index contributed by atoms with van der Waals surface area (Å²) in [7, 11) is 2.50. The molecule has 1 aliphatic carbocycles. The van der Waals surface area contributed by atoms with Crippen molar-refractivity contribution < 1.29 is 18.3 Å². The number of ether oxygens (including phenoxy) is 3. The van der Waals surface area contributed by atoms with Gasteiger partial charge in [-0.15, -0.1) is 0 Å². The Morgan fingerprint density at radius 1 is 1.16 bits per heavy atom. The van der Waals surface area contributed by atoms with Gasteiger partial charge in [0, 0.05) is 11.6 Å². The third-order valence-corrected chi connectivity index (χ3v) is 4.48. The van der Waals surface area contributed by atoms with E-state index in [4.69, 9.17) is 18.3 Å². The quantitative estimate of drug-likeness (QED) is 0.921. The molecule has 0 heterocycles. The van der Waals surface area contributed by atoms with Gasteiger partial charge in [-0.3, -0.25) is 4.79 Å². The molecule has 132 valence electrons. The highest BCUT2D eigenvalue weighted by Gasteiger charge is 2.26. The van der Waals surface area contributed by atoms with Gasteiger partial charge >= 0.3 is 0 Å². The van der Waals surface area contributed by atoms with Crippen LogP contribution in [0.5, 0.6) is 17.2 Å². The van der Waals surface area contributed by atoms with E-state index in [1.807, 2.05) is 6.07 Å². The van der Waals surface area contributed by atoms with E-state index < -0.39 is 6.02 Å². The van der Waals surface area contributed by atoms with Crippen LogP contribution in [-0.4, -0.2) is 28.3 Å². The maximum Gasteiger partial charge on any atom is 0.220 e. The van der Waals surface area contributed by atoms with Gasteiger partial charge in [0.2, 0.25) is 5.43 Å². The highest BCUT2D eigenvalue weighted by Crippen LogP contribution is 2.45. The van der Waals surface area contributed by atoms with E-state index in [0.29, 0.717) is 41.0 Å². The molecule has 1 atom stereocenters. The van der Waals surface area contributed by atoms with Crippen LogP contribution in [0.25, 0.3) is 11.1 Å². The molecule has 0 amide bonds. The molecule has 1 aliphatic rings. The van der Waals surface area contributed by atoms with Gasteiger partial charge in [-0.05, 0) is 54.8 Å². The van der Waals surface area contributed by atoms with Crippen LogP contribution in [0.3, 0.4) is 0 Å². The second-order valence-corrected chi connectivity index (χ2v) is 5.68. The Kier molecular flexibility index (Phi) is 3.93. The van der Waals surface area contributed by atoms with Crippen molar-refractivity contribution in [3.63, 3.8) is 0 Å². The van der Waals surface area contributed by atoms with Gasteiger partial charge in [0.05, 0.1) is 25.4 Å². The summed E-state index contributed by atoms with van der Waals surface area (Å²) in [6.45, 7) is 0. The van der Waals surface area contributed by atoms with Crippen LogP contribution in [0.2, 0.25) is 0 Å². The fourth-order valence-corrected chi connectivity index (χ4v) is 3.27. The summed E-state index contributed by atoms with van der Waals surface area (Å²) in [5, 5.41) is 3.03. The standard InChI is InChI=1S/C20H23NO4/c1-21-15-8-5-12-6-9-18(24-3)20(25-4)19(12)13-7-10-17(23-2)16(22)11-14(13)15/h6-7,9-11,15,21H,5,8H2,1-4H3/t15-/m0/s1/i3T,4T,15T. The molecular formula is C20H23NO4. The number of benzene rings is 1. The van der Waals surface area contributed by atoms with Crippen molar-refractivity contribution in [1.82, 2.24) is 5.32 Å². The lowest BCUT2D eigenvalue weighted by Crippen LogP contribution is -2.17. The maximum absolute atomic E-state index is 12.6. The molecule has 2 aromatic carbocycles. The fourth-order valence-electron chi connectivity index (χ4n) is 3.27. The Morgan fingerprint density at radius 2 is 1.96 bits per heavy atom. The number of nitrogens with one attached hydrogen (secondary N) is 1. The Hall–Kier alpha value is -2.53. The summed E-state index contributed by atoms with van der Waals surface area (Å²) < 4.78 is 40.0. The Bertz CT molecular complexity index is 938. The van der Waals surface area contributed by atoms with Gasteiger partial charge in [0.1, 0.15) is 0 Å².